The van der Waals surface area contributed by atoms with Gasteiger partial charge in [0.1, 0.15) is 6.10 Å². The van der Waals surface area contributed by atoms with E-state index in [-0.39, 0.29) is 18.0 Å². The fraction of sp³-hybridized carbons (Fsp3) is 0.300. The maximum atomic E-state index is 12.6. The number of carbonyl (C=O) groups is 2. The molecule has 0 saturated carbocycles. The molecule has 3 amide bonds. The van der Waals surface area contributed by atoms with Gasteiger partial charge in [0.15, 0.2) is 0 Å². The Hall–Kier alpha value is -2.38. The number of carbonyl (C=O) groups excluding carboxylic acids is 2. The van der Waals surface area contributed by atoms with Gasteiger partial charge in [-0.1, -0.05) is 40.2 Å². The molecule has 1 unspecified atom stereocenters. The molecule has 0 radical (unpaired) electrons. The average Bonchev–Trinajstić information content (AvgIpc) is 2.66. The highest BCUT2D eigenvalue weighted by atomic mass is 79.9. The molecule has 2 aromatic carbocycles. The molecule has 7 heteroatoms. The maximum Gasteiger partial charge on any atom is 0.317 e. The van der Waals surface area contributed by atoms with Crippen LogP contribution in [0.4, 0.5) is 10.5 Å². The Morgan fingerprint density at radius 3 is 2.81 bits per heavy atom. The lowest BCUT2D eigenvalue weighted by Gasteiger charge is -2.33. The Morgan fingerprint density at radius 1 is 1.22 bits per heavy atom. The normalized spacial score (nSPS) is 16.7. The minimum Gasteiger partial charge on any atom is -0.370 e. The summed E-state index contributed by atoms with van der Waals surface area (Å²) in [5, 5.41) is 5.68. The molecule has 0 bridgehead atoms. The number of rotatable bonds is 4. The minimum atomic E-state index is -0.134. The molecule has 3 rings (SSSR count). The molecule has 2 N–H and O–H groups in total. The molecule has 2 aromatic rings. The van der Waals surface area contributed by atoms with E-state index >= 15 is 0 Å². The van der Waals surface area contributed by atoms with Crippen LogP contribution < -0.4 is 10.6 Å². The topological polar surface area (TPSA) is 70.7 Å². The van der Waals surface area contributed by atoms with E-state index < -0.39 is 0 Å². The zero-order chi connectivity index (χ0) is 19.2. The van der Waals surface area contributed by atoms with Crippen LogP contribution in [0.3, 0.4) is 0 Å². The van der Waals surface area contributed by atoms with E-state index in [1.165, 1.54) is 6.92 Å². The summed E-state index contributed by atoms with van der Waals surface area (Å²) in [6, 6.07) is 15.3. The van der Waals surface area contributed by atoms with Crippen molar-refractivity contribution in [2.75, 3.05) is 25.0 Å². The van der Waals surface area contributed by atoms with Crippen LogP contribution in [0.15, 0.2) is 53.0 Å². The monoisotopic (exact) mass is 431 g/mol. The summed E-state index contributed by atoms with van der Waals surface area (Å²) in [7, 11) is 0. The molecule has 6 nitrogen and oxygen atoms in total. The van der Waals surface area contributed by atoms with Gasteiger partial charge in [-0.2, -0.15) is 0 Å². The van der Waals surface area contributed by atoms with Gasteiger partial charge in [-0.25, -0.2) is 4.79 Å². The molecule has 1 aliphatic rings. The maximum absolute atomic E-state index is 12.6. The standard InChI is InChI=1S/C20H22BrN3O3/c1-14(25)23-18-7-2-4-15(10-18)12-22-20(26)24-8-9-27-19(13-24)16-5-3-6-17(21)11-16/h2-7,10-11,19H,8-9,12-13H2,1H3,(H,22,26)(H,23,25). The van der Waals surface area contributed by atoms with Crippen LogP contribution in [0.2, 0.25) is 0 Å². The van der Waals surface area contributed by atoms with Crippen molar-refractivity contribution in [3.63, 3.8) is 0 Å². The van der Waals surface area contributed by atoms with Crippen LogP contribution in [-0.2, 0) is 16.1 Å². The van der Waals surface area contributed by atoms with Crippen LogP contribution in [0, 0.1) is 0 Å². The molecule has 0 aliphatic carbocycles. The number of hydrogen-bond acceptors (Lipinski definition) is 3. The summed E-state index contributed by atoms with van der Waals surface area (Å²) in [6.45, 7) is 3.43. The van der Waals surface area contributed by atoms with E-state index in [0.717, 1.165) is 21.3 Å². The molecule has 1 heterocycles. The molecular weight excluding hydrogens is 410 g/mol. The first-order chi connectivity index (χ1) is 13.0. The van der Waals surface area contributed by atoms with Crippen molar-refractivity contribution < 1.29 is 14.3 Å². The third-order valence-corrected chi connectivity index (χ3v) is 4.76. The molecule has 142 valence electrons. The molecule has 0 aromatic heterocycles. The first-order valence-electron chi connectivity index (χ1n) is 8.77. The van der Waals surface area contributed by atoms with Crippen molar-refractivity contribution in [3.05, 3.63) is 64.1 Å². The van der Waals surface area contributed by atoms with Gasteiger partial charge in [0.05, 0.1) is 13.2 Å². The summed E-state index contributed by atoms with van der Waals surface area (Å²) in [4.78, 5) is 25.5. The summed E-state index contributed by atoms with van der Waals surface area (Å²) >= 11 is 3.47. The van der Waals surface area contributed by atoms with Crippen LogP contribution >= 0.6 is 15.9 Å². The van der Waals surface area contributed by atoms with Crippen LogP contribution in [-0.4, -0.2) is 36.5 Å². The molecule has 1 aliphatic heterocycles. The van der Waals surface area contributed by atoms with Crippen LogP contribution in [0.5, 0.6) is 0 Å². The van der Waals surface area contributed by atoms with E-state index in [9.17, 15) is 9.59 Å². The second-order valence-corrected chi connectivity index (χ2v) is 7.32. The molecule has 27 heavy (non-hydrogen) atoms. The van der Waals surface area contributed by atoms with E-state index in [1.807, 2.05) is 48.5 Å². The Morgan fingerprint density at radius 2 is 2.04 bits per heavy atom. The first kappa shape index (κ1) is 19.4. The van der Waals surface area contributed by atoms with E-state index in [1.54, 1.807) is 4.90 Å². The van der Waals surface area contributed by atoms with Crippen molar-refractivity contribution in [1.29, 1.82) is 0 Å². The van der Waals surface area contributed by atoms with Crippen molar-refractivity contribution in [1.82, 2.24) is 10.2 Å². The minimum absolute atomic E-state index is 0.122. The number of nitrogens with zero attached hydrogens (tertiary/aromatic N) is 1. The summed E-state index contributed by atoms with van der Waals surface area (Å²) in [5.41, 5.74) is 2.69. The molecular formula is C20H22BrN3O3. The zero-order valence-electron chi connectivity index (χ0n) is 15.1. The van der Waals surface area contributed by atoms with Gasteiger partial charge in [0.2, 0.25) is 5.91 Å². The number of amides is 3. The number of nitrogens with one attached hydrogen (secondary N) is 2. The van der Waals surface area contributed by atoms with E-state index in [0.29, 0.717) is 26.2 Å². The highest BCUT2D eigenvalue weighted by molar-refractivity contribution is 9.10. The van der Waals surface area contributed by atoms with Gasteiger partial charge in [-0.15, -0.1) is 0 Å². The Bertz CT molecular complexity index is 828. The molecule has 1 saturated heterocycles. The highest BCUT2D eigenvalue weighted by Gasteiger charge is 2.25. The van der Waals surface area contributed by atoms with Crippen molar-refractivity contribution in [3.8, 4) is 0 Å². The van der Waals surface area contributed by atoms with Gasteiger partial charge >= 0.3 is 6.03 Å². The van der Waals surface area contributed by atoms with E-state index in [4.69, 9.17) is 4.74 Å². The number of halogens is 1. The lowest BCUT2D eigenvalue weighted by Crippen LogP contribution is -2.46. The molecule has 1 atom stereocenters. The van der Waals surface area contributed by atoms with Gasteiger partial charge < -0.3 is 20.3 Å². The Kier molecular flexibility index (Phi) is 6.47. The van der Waals surface area contributed by atoms with Gasteiger partial charge in [0, 0.05) is 30.2 Å². The second kappa shape index (κ2) is 9.01. The fourth-order valence-corrected chi connectivity index (χ4v) is 3.41. The summed E-state index contributed by atoms with van der Waals surface area (Å²) < 4.78 is 6.82. The summed E-state index contributed by atoms with van der Waals surface area (Å²) in [6.07, 6.45) is -0.134. The lowest BCUT2D eigenvalue weighted by molar-refractivity contribution is -0.114. The molecule has 1 fully saturated rings. The first-order valence-corrected chi connectivity index (χ1v) is 9.57. The van der Waals surface area contributed by atoms with Crippen molar-refractivity contribution >= 4 is 33.6 Å². The third-order valence-electron chi connectivity index (χ3n) is 4.27. The predicted molar refractivity (Wildman–Crippen MR) is 107 cm³/mol. The number of morpholine rings is 1. The average molecular weight is 432 g/mol. The lowest BCUT2D eigenvalue weighted by atomic mass is 10.1. The van der Waals surface area contributed by atoms with Crippen LogP contribution in [0.25, 0.3) is 0 Å². The number of anilines is 1. The SMILES string of the molecule is CC(=O)Nc1cccc(CNC(=O)N2CCOC(c3cccc(Br)c3)C2)c1. The van der Waals surface area contributed by atoms with Crippen molar-refractivity contribution in [2.24, 2.45) is 0 Å². The van der Waals surface area contributed by atoms with Gasteiger partial charge in [-0.3, -0.25) is 4.79 Å². The smallest absolute Gasteiger partial charge is 0.317 e. The summed E-state index contributed by atoms with van der Waals surface area (Å²) in [5.74, 6) is -0.122. The number of ether oxygens (including phenoxy) is 1. The highest BCUT2D eigenvalue weighted by Crippen LogP contribution is 2.24. The second-order valence-electron chi connectivity index (χ2n) is 6.40. The number of urea groups is 1. The Balaban J connectivity index is 1.57. The quantitative estimate of drug-likeness (QED) is 0.775. The largest absolute Gasteiger partial charge is 0.370 e. The van der Waals surface area contributed by atoms with Gasteiger partial charge in [0.25, 0.3) is 0 Å². The van der Waals surface area contributed by atoms with Crippen molar-refractivity contribution in [2.45, 2.75) is 19.6 Å². The fourth-order valence-electron chi connectivity index (χ4n) is 2.99. The van der Waals surface area contributed by atoms with E-state index in [2.05, 4.69) is 26.6 Å². The third kappa shape index (κ3) is 5.55. The zero-order valence-corrected chi connectivity index (χ0v) is 16.7. The predicted octanol–water partition coefficient (Wildman–Crippen LogP) is 3.69. The molecule has 0 spiro atoms. The van der Waals surface area contributed by atoms with Gasteiger partial charge in [-0.05, 0) is 35.4 Å². The number of hydrogen-bond donors (Lipinski definition) is 2. The Labute approximate surface area is 167 Å². The van der Waals surface area contributed by atoms with Crippen LogP contribution in [0.1, 0.15) is 24.2 Å². The number of benzene rings is 2.